The molecule has 184 valence electrons. The van der Waals surface area contributed by atoms with Gasteiger partial charge in [0.1, 0.15) is 12.2 Å². The van der Waals surface area contributed by atoms with E-state index in [0.29, 0.717) is 27.2 Å². The van der Waals surface area contributed by atoms with E-state index in [2.05, 4.69) is 43.8 Å². The van der Waals surface area contributed by atoms with Gasteiger partial charge in [0.05, 0.1) is 26.4 Å². The molecule has 0 aliphatic carbocycles. The Kier molecular flexibility index (Phi) is 8.23. The van der Waals surface area contributed by atoms with Crippen LogP contribution in [0.25, 0.3) is 6.08 Å². The summed E-state index contributed by atoms with van der Waals surface area (Å²) in [6, 6.07) is 14.5. The Labute approximate surface area is 238 Å². The highest BCUT2D eigenvalue weighted by molar-refractivity contribution is 14.1. The summed E-state index contributed by atoms with van der Waals surface area (Å²) in [6.45, 7) is 0.321. The molecule has 7 nitrogen and oxygen atoms in total. The van der Waals surface area contributed by atoms with Crippen molar-refractivity contribution in [3.8, 4) is 11.5 Å². The zero-order valence-electron chi connectivity index (χ0n) is 18.5. The number of barbiturate groups is 1. The van der Waals surface area contributed by atoms with Crippen LogP contribution in [0.3, 0.4) is 0 Å². The van der Waals surface area contributed by atoms with Gasteiger partial charge in [-0.1, -0.05) is 51.3 Å². The highest BCUT2D eigenvalue weighted by atomic mass is 127. The van der Waals surface area contributed by atoms with Gasteiger partial charge in [-0.15, -0.1) is 0 Å². The number of anilines is 1. The van der Waals surface area contributed by atoms with Crippen LogP contribution in [0.5, 0.6) is 11.5 Å². The SMILES string of the molecule is COc1cc(/C=C2\C(=O)NC(=O)N(c3ccc(Cl)c(Cl)c3)C2=O)cc(I)c1OCc1ccc(Br)cc1. The van der Waals surface area contributed by atoms with Crippen LogP contribution in [0.15, 0.2) is 64.6 Å². The molecule has 1 heterocycles. The number of nitrogens with zero attached hydrogens (tertiary/aromatic N) is 1. The summed E-state index contributed by atoms with van der Waals surface area (Å²) >= 11 is 17.5. The molecule has 0 unspecified atom stereocenters. The minimum atomic E-state index is -0.885. The maximum absolute atomic E-state index is 13.2. The van der Waals surface area contributed by atoms with Gasteiger partial charge in [0.2, 0.25) is 0 Å². The van der Waals surface area contributed by atoms with E-state index in [1.165, 1.54) is 31.4 Å². The molecule has 1 aliphatic rings. The van der Waals surface area contributed by atoms with E-state index in [9.17, 15) is 14.4 Å². The van der Waals surface area contributed by atoms with Crippen LogP contribution in [0, 0.1) is 3.57 Å². The van der Waals surface area contributed by atoms with Gasteiger partial charge in [0.25, 0.3) is 11.8 Å². The average molecular weight is 702 g/mol. The molecule has 0 bridgehead atoms. The number of hydrogen-bond acceptors (Lipinski definition) is 5. The molecule has 3 aromatic rings. The van der Waals surface area contributed by atoms with Gasteiger partial charge in [-0.3, -0.25) is 14.9 Å². The second-order valence-corrected chi connectivity index (χ2v) is 10.4. The first-order valence-electron chi connectivity index (χ1n) is 10.3. The molecule has 1 N–H and O–H groups in total. The number of carbonyl (C=O) groups is 3. The minimum absolute atomic E-state index is 0.162. The van der Waals surface area contributed by atoms with Crippen molar-refractivity contribution in [2.75, 3.05) is 12.0 Å². The molecular weight excluding hydrogens is 686 g/mol. The quantitative estimate of drug-likeness (QED) is 0.178. The number of amides is 4. The zero-order chi connectivity index (χ0) is 26.0. The van der Waals surface area contributed by atoms with Crippen LogP contribution in [0.4, 0.5) is 10.5 Å². The largest absolute Gasteiger partial charge is 0.493 e. The molecule has 11 heteroatoms. The van der Waals surface area contributed by atoms with Crippen molar-refractivity contribution in [1.82, 2.24) is 5.32 Å². The molecule has 0 aromatic heterocycles. The summed E-state index contributed by atoms with van der Waals surface area (Å²) in [4.78, 5) is 39.0. The number of halogens is 4. The lowest BCUT2D eigenvalue weighted by atomic mass is 10.1. The van der Waals surface area contributed by atoms with E-state index in [1.54, 1.807) is 12.1 Å². The molecule has 3 aromatic carbocycles. The highest BCUT2D eigenvalue weighted by Crippen LogP contribution is 2.36. The fourth-order valence-corrected chi connectivity index (χ4v) is 4.72. The molecule has 1 fully saturated rings. The predicted octanol–water partition coefficient (Wildman–Crippen LogP) is 6.61. The van der Waals surface area contributed by atoms with Crippen molar-refractivity contribution in [2.24, 2.45) is 0 Å². The zero-order valence-corrected chi connectivity index (χ0v) is 23.7. The van der Waals surface area contributed by atoms with E-state index >= 15 is 0 Å². The van der Waals surface area contributed by atoms with Gasteiger partial charge in [-0.2, -0.15) is 0 Å². The molecule has 0 atom stereocenters. The second-order valence-electron chi connectivity index (χ2n) is 7.51. The van der Waals surface area contributed by atoms with E-state index < -0.39 is 17.8 Å². The van der Waals surface area contributed by atoms with E-state index in [-0.39, 0.29) is 21.3 Å². The maximum atomic E-state index is 13.2. The number of methoxy groups -OCH3 is 1. The lowest BCUT2D eigenvalue weighted by Crippen LogP contribution is -2.54. The molecule has 1 saturated heterocycles. The molecule has 4 rings (SSSR count). The van der Waals surface area contributed by atoms with Gasteiger partial charge in [0.15, 0.2) is 11.5 Å². The maximum Gasteiger partial charge on any atom is 0.335 e. The summed E-state index contributed by atoms with van der Waals surface area (Å²) in [6.07, 6.45) is 1.39. The van der Waals surface area contributed by atoms with Crippen LogP contribution in [0.1, 0.15) is 11.1 Å². The number of imide groups is 2. The molecule has 0 spiro atoms. The van der Waals surface area contributed by atoms with Crippen molar-refractivity contribution in [3.05, 3.63) is 89.4 Å². The van der Waals surface area contributed by atoms with Gasteiger partial charge in [-0.25, -0.2) is 9.69 Å². The Balaban J connectivity index is 1.64. The van der Waals surface area contributed by atoms with Crippen LogP contribution in [-0.2, 0) is 16.2 Å². The standard InChI is InChI=1S/C25H16BrCl2IN2O5/c1-35-21-10-14(9-20(29)22(21)36-12-13-2-4-15(26)5-3-13)8-17-23(32)30-25(34)31(24(17)33)16-6-7-18(27)19(28)11-16/h2-11H,12H2,1H3,(H,30,32,34)/b17-8+. The summed E-state index contributed by atoms with van der Waals surface area (Å²) in [5.41, 5.74) is 1.42. The Bertz CT molecular complexity index is 1410. The van der Waals surface area contributed by atoms with Crippen LogP contribution < -0.4 is 19.7 Å². The molecule has 0 radical (unpaired) electrons. The van der Waals surface area contributed by atoms with E-state index in [0.717, 1.165) is 14.9 Å². The molecule has 4 amide bonds. The third kappa shape index (κ3) is 5.69. The fourth-order valence-electron chi connectivity index (χ4n) is 3.38. The number of benzene rings is 3. The molecule has 0 saturated carbocycles. The van der Waals surface area contributed by atoms with Gasteiger partial charge in [-0.05, 0) is 82.3 Å². The van der Waals surface area contributed by atoms with Crippen LogP contribution in [0.2, 0.25) is 10.0 Å². The number of carbonyl (C=O) groups excluding carboxylic acids is 3. The summed E-state index contributed by atoms with van der Waals surface area (Å²) < 4.78 is 13.2. The topological polar surface area (TPSA) is 84.9 Å². The number of rotatable bonds is 6. The first-order valence-corrected chi connectivity index (χ1v) is 12.9. The Hall–Kier alpha value is -2.60. The average Bonchev–Trinajstić information content (AvgIpc) is 2.84. The second kappa shape index (κ2) is 11.2. The number of urea groups is 1. The van der Waals surface area contributed by atoms with E-state index in [1.807, 2.05) is 24.3 Å². The monoisotopic (exact) mass is 700 g/mol. The first kappa shape index (κ1) is 26.5. The van der Waals surface area contributed by atoms with Gasteiger partial charge in [0, 0.05) is 4.47 Å². The third-order valence-corrected chi connectivity index (χ3v) is 7.19. The minimum Gasteiger partial charge on any atom is -0.493 e. The van der Waals surface area contributed by atoms with Crippen molar-refractivity contribution in [2.45, 2.75) is 6.61 Å². The fraction of sp³-hybridized carbons (Fsp3) is 0.0800. The Morgan fingerprint density at radius 2 is 1.75 bits per heavy atom. The Morgan fingerprint density at radius 1 is 1.03 bits per heavy atom. The first-order chi connectivity index (χ1) is 17.2. The number of ether oxygens (including phenoxy) is 2. The lowest BCUT2D eigenvalue weighted by molar-refractivity contribution is -0.122. The van der Waals surface area contributed by atoms with Crippen LogP contribution in [-0.4, -0.2) is 25.0 Å². The predicted molar refractivity (Wildman–Crippen MR) is 150 cm³/mol. The van der Waals surface area contributed by atoms with Gasteiger partial charge >= 0.3 is 6.03 Å². The number of hydrogen-bond donors (Lipinski definition) is 1. The smallest absolute Gasteiger partial charge is 0.335 e. The lowest BCUT2D eigenvalue weighted by Gasteiger charge is -2.26. The number of nitrogens with one attached hydrogen (secondary N) is 1. The Morgan fingerprint density at radius 3 is 2.42 bits per heavy atom. The molecular formula is C25H16BrCl2IN2O5. The van der Waals surface area contributed by atoms with Gasteiger partial charge < -0.3 is 9.47 Å². The molecule has 36 heavy (non-hydrogen) atoms. The summed E-state index contributed by atoms with van der Waals surface area (Å²) in [5, 5.41) is 2.61. The molecule has 1 aliphatic heterocycles. The van der Waals surface area contributed by atoms with Crippen molar-refractivity contribution in [1.29, 1.82) is 0 Å². The van der Waals surface area contributed by atoms with Crippen molar-refractivity contribution >= 4 is 91.3 Å². The normalized spacial score (nSPS) is 14.8. The van der Waals surface area contributed by atoms with Crippen LogP contribution >= 0.6 is 61.7 Å². The summed E-state index contributed by atoms with van der Waals surface area (Å²) in [5.74, 6) is -0.667. The summed E-state index contributed by atoms with van der Waals surface area (Å²) in [7, 11) is 1.50. The van der Waals surface area contributed by atoms with Crippen molar-refractivity contribution in [3.63, 3.8) is 0 Å². The van der Waals surface area contributed by atoms with Crippen molar-refractivity contribution < 1.29 is 23.9 Å². The highest BCUT2D eigenvalue weighted by Gasteiger charge is 2.37. The third-order valence-electron chi connectivity index (χ3n) is 5.12. The van der Waals surface area contributed by atoms with E-state index in [4.69, 9.17) is 32.7 Å².